The summed E-state index contributed by atoms with van der Waals surface area (Å²) in [6.07, 6.45) is 41.5. The molecular formula is C114H133Cl2N5O9S. The summed E-state index contributed by atoms with van der Waals surface area (Å²) in [7, 11) is -2.96. The van der Waals surface area contributed by atoms with Gasteiger partial charge >= 0.3 is 11.9 Å². The van der Waals surface area contributed by atoms with E-state index in [1.807, 2.05) is 65.8 Å². The number of halogens is 2. The molecule has 1 aromatic heterocycles. The lowest BCUT2D eigenvalue weighted by Gasteiger charge is -2.26. The summed E-state index contributed by atoms with van der Waals surface area (Å²) in [6.45, 7) is 20.9. The van der Waals surface area contributed by atoms with Gasteiger partial charge in [0.15, 0.2) is 0 Å². The molecule has 16 aliphatic carbocycles. The van der Waals surface area contributed by atoms with Crippen LogP contribution in [0.2, 0.25) is 10.0 Å². The summed E-state index contributed by atoms with van der Waals surface area (Å²) in [5.74, 6) is 4.64. The van der Waals surface area contributed by atoms with E-state index in [1.165, 1.54) is 238 Å². The number of aryl methyl sites for hydroxylation is 9. The molecule has 26 rings (SSSR count). The highest BCUT2D eigenvalue weighted by Crippen LogP contribution is 2.68. The first kappa shape index (κ1) is 91.0. The number of nitrogens with two attached hydrogens (primary N) is 2. The number of fused-ring (bicyclic) bond motifs is 16. The monoisotopic (exact) mass is 1820 g/mol. The number of carboxylic acid groups (broad SMARTS) is 2. The van der Waals surface area contributed by atoms with E-state index in [-0.39, 0.29) is 23.5 Å². The summed E-state index contributed by atoms with van der Waals surface area (Å²) in [5.41, 5.74) is 42.8. The maximum absolute atomic E-state index is 12.4. The Hall–Kier alpha value is -9.15. The molecule has 131 heavy (non-hydrogen) atoms. The van der Waals surface area contributed by atoms with Crippen LogP contribution < -0.4 is 11.5 Å². The molecule has 0 bridgehead atoms. The molecule has 17 aliphatic rings. The molecule has 688 valence electrons. The number of sulfone groups is 1. The number of carbonyl (C=O) groups is 5. The fourth-order valence-electron chi connectivity index (χ4n) is 27.3. The third-order valence-corrected chi connectivity index (χ3v) is 37.9. The first-order chi connectivity index (χ1) is 62.6. The quantitative estimate of drug-likeness (QED) is 0.107. The number of aromatic carboxylic acids is 2. The van der Waals surface area contributed by atoms with Crippen LogP contribution in [0.5, 0.6) is 0 Å². The van der Waals surface area contributed by atoms with E-state index in [1.54, 1.807) is 33.5 Å². The Morgan fingerprint density at radius 1 is 0.359 bits per heavy atom. The Bertz CT molecular complexity index is 6120. The molecule has 0 radical (unpaired) electrons. The second-order valence-corrected chi connectivity index (χ2v) is 47.1. The van der Waals surface area contributed by atoms with E-state index in [2.05, 4.69) is 145 Å². The van der Waals surface area contributed by atoms with Crippen LogP contribution in [0.4, 0.5) is 0 Å². The first-order valence-electron chi connectivity index (χ1n) is 49.5. The lowest BCUT2D eigenvalue weighted by molar-refractivity contribution is 0.0686. The molecule has 6 N–H and O–H groups in total. The molecule has 1 aliphatic heterocycles. The van der Waals surface area contributed by atoms with Crippen molar-refractivity contribution >= 4 is 62.7 Å². The molecule has 16 unspecified atom stereocenters. The summed E-state index contributed by atoms with van der Waals surface area (Å²) < 4.78 is 24.3. The molecule has 3 amide bonds. The number of hydrogen-bond acceptors (Lipinski definition) is 8. The van der Waals surface area contributed by atoms with Crippen LogP contribution in [0.25, 0.3) is 11.1 Å². The Balaban J connectivity index is 0.0000000974. The van der Waals surface area contributed by atoms with Gasteiger partial charge in [-0.3, -0.25) is 19.1 Å². The number of primary amides is 2. The maximum Gasteiger partial charge on any atom is 0.335 e. The SMILES string of the molecule is CC1CC12CCCc1cc(C(=O)O)ccc12.CC1CC12CCCc1cc(Cl)ccc12.CC1CC12CCCc1ccc(Cl)cc12.CC1CC12CCc1cc(C(=O)N3CCCC3)ccc12.CC1CC12CCc1cc(C(N)=O)ccc12.CC1CC12CCc1ccc(-c3cnn(CCS(C)(=O)=O)c3)cc12.CC1CC12CCc1ccc(C(=O)O)cc12.CC1CC12CCc1ccc(C(N)=O)cc12. The van der Waals surface area contributed by atoms with Crippen molar-refractivity contribution in [3.8, 4) is 11.1 Å². The van der Waals surface area contributed by atoms with Crippen molar-refractivity contribution in [2.75, 3.05) is 25.1 Å². The van der Waals surface area contributed by atoms with Gasteiger partial charge in [-0.15, -0.1) is 0 Å². The fraction of sp³-hybridized carbons (Fsp3) is 0.509. The number of nitrogens with zero attached hydrogens (tertiary/aromatic N) is 3. The van der Waals surface area contributed by atoms with Gasteiger partial charge in [0.1, 0.15) is 9.84 Å². The zero-order valence-electron chi connectivity index (χ0n) is 78.4. The standard InChI is InChI=1S/C18H22N2O2S.C17H21NO.C14H16O2.2C13H15Cl.2C13H15NO.C13H14O2/c1-13-10-18(13)6-5-14-3-4-15(9-17(14)18)16-11-19-20(12-16)7-8-23(2,21)22;1-12-11-17(12)7-6-13-10-14(4-5-15(13)17)16(19)18-8-2-3-9-18;1-9-8-14(9)6-2-3-10-7-11(13(15)16)4-5-12(10)14;1-9-8-13(9)6-2-3-10-7-11(14)4-5-12(10)13;1-9-8-13(9)6-2-3-10-4-5-11(14)7-12(10)13;1-8-7-13(8)5-4-9-6-10(12(14)15)2-3-11(9)13;2*1-8-7-13(8)5-4-9-2-3-10(12(14)15)6-11(9)13/h3-4,9,11-13H,5-8,10H2,1-2H3;4-5,10,12H,2-3,6-9,11H2,1H3;4-5,7,9H,2-3,6,8H2,1H3,(H,15,16);2*4-5,7,9H,2-3,6,8H2,1H3;2*2-3,6,8H,4-5,7H2,1H3,(H2,14,15);2-3,6,8H,4-5,7H2,1H3,(H,14,15). The van der Waals surface area contributed by atoms with Crippen molar-refractivity contribution < 1.29 is 42.6 Å². The van der Waals surface area contributed by atoms with Gasteiger partial charge in [0.25, 0.3) is 5.91 Å². The van der Waals surface area contributed by atoms with Gasteiger partial charge in [-0.05, 0) is 456 Å². The zero-order chi connectivity index (χ0) is 92.0. The molecule has 17 heteroatoms. The fourth-order valence-corrected chi connectivity index (χ4v) is 28.2. The number of likely N-dealkylation sites (tertiary alicyclic amines) is 1. The van der Waals surface area contributed by atoms with Crippen molar-refractivity contribution in [2.45, 2.75) is 291 Å². The van der Waals surface area contributed by atoms with Crippen LogP contribution in [0.15, 0.2) is 158 Å². The Kier molecular flexibility index (Phi) is 23.8. The molecule has 1 saturated heterocycles. The minimum absolute atomic E-state index is 0.124. The molecule has 2 heterocycles. The third kappa shape index (κ3) is 17.1. The second kappa shape index (κ2) is 34.3. The van der Waals surface area contributed by atoms with Gasteiger partial charge in [-0.2, -0.15) is 5.10 Å². The molecule has 9 aromatic rings. The van der Waals surface area contributed by atoms with Crippen molar-refractivity contribution in [1.29, 1.82) is 0 Å². The van der Waals surface area contributed by atoms with Gasteiger partial charge in [0.05, 0.1) is 29.6 Å². The van der Waals surface area contributed by atoms with Gasteiger partial charge < -0.3 is 26.6 Å². The highest BCUT2D eigenvalue weighted by atomic mass is 35.5. The Morgan fingerprint density at radius 2 is 0.664 bits per heavy atom. The Labute approximate surface area is 785 Å². The van der Waals surface area contributed by atoms with E-state index >= 15 is 0 Å². The highest BCUT2D eigenvalue weighted by Gasteiger charge is 2.61. The number of rotatable bonds is 9. The van der Waals surface area contributed by atoms with Crippen LogP contribution >= 0.6 is 23.2 Å². The van der Waals surface area contributed by atoms with Crippen molar-refractivity contribution in [2.24, 2.45) is 58.8 Å². The first-order valence-corrected chi connectivity index (χ1v) is 52.3. The second-order valence-electron chi connectivity index (χ2n) is 43.9. The van der Waals surface area contributed by atoms with Crippen LogP contribution in [0.3, 0.4) is 0 Å². The maximum atomic E-state index is 12.4. The minimum Gasteiger partial charge on any atom is -0.478 e. The van der Waals surface area contributed by atoms with Crippen LogP contribution in [0.1, 0.15) is 331 Å². The van der Waals surface area contributed by atoms with Gasteiger partial charge in [-0.25, -0.2) is 18.0 Å². The highest BCUT2D eigenvalue weighted by molar-refractivity contribution is 7.90. The molecular weight excluding hydrogens is 1690 g/mol. The van der Waals surface area contributed by atoms with E-state index in [9.17, 15) is 32.4 Å². The number of hydrogen-bond donors (Lipinski definition) is 4. The van der Waals surface area contributed by atoms with E-state index in [0.717, 1.165) is 114 Å². The number of amides is 3. The topological polar surface area (TPSA) is 233 Å². The molecule has 8 saturated carbocycles. The predicted molar refractivity (Wildman–Crippen MR) is 523 cm³/mol. The Morgan fingerprint density at radius 3 is 1.12 bits per heavy atom. The lowest BCUT2D eigenvalue weighted by atomic mass is 9.78. The number of benzene rings is 8. The van der Waals surface area contributed by atoms with Gasteiger partial charge in [-0.1, -0.05) is 139 Å². The van der Waals surface area contributed by atoms with Crippen molar-refractivity contribution in [3.05, 3.63) is 285 Å². The zero-order valence-corrected chi connectivity index (χ0v) is 80.7. The molecule has 14 nitrogen and oxygen atoms in total. The molecule has 9 fully saturated rings. The molecule has 8 aromatic carbocycles. The number of carbonyl (C=O) groups excluding carboxylic acids is 3. The minimum atomic E-state index is -2.96. The van der Waals surface area contributed by atoms with Crippen LogP contribution in [0, 0.1) is 47.3 Å². The number of aromatic nitrogens is 2. The smallest absolute Gasteiger partial charge is 0.335 e. The summed E-state index contributed by atoms with van der Waals surface area (Å²) in [5, 5.41) is 24.1. The lowest BCUT2D eigenvalue weighted by Crippen LogP contribution is -2.27. The van der Waals surface area contributed by atoms with Crippen molar-refractivity contribution in [1.82, 2.24) is 14.7 Å². The van der Waals surface area contributed by atoms with Gasteiger partial charge in [0, 0.05) is 57.8 Å². The van der Waals surface area contributed by atoms with Crippen LogP contribution in [-0.2, 0) is 111 Å². The average Bonchev–Trinajstić information content (AvgIpc) is 1.56. The van der Waals surface area contributed by atoms with Crippen molar-refractivity contribution in [3.63, 3.8) is 0 Å². The third-order valence-electron chi connectivity index (χ3n) is 36.5. The van der Waals surface area contributed by atoms with Gasteiger partial charge in [0.2, 0.25) is 11.8 Å². The normalized spacial score (nSPS) is 31.2. The number of carboxylic acids is 2. The van der Waals surface area contributed by atoms with E-state index in [4.69, 9.17) is 44.9 Å². The summed E-state index contributed by atoms with van der Waals surface area (Å²) in [6, 6.07) is 49.5. The predicted octanol–water partition coefficient (Wildman–Crippen LogP) is 23.5. The van der Waals surface area contributed by atoms with Crippen LogP contribution in [-0.4, -0.2) is 88.1 Å². The molecule has 16 atom stereocenters. The summed E-state index contributed by atoms with van der Waals surface area (Å²) >= 11 is 12.1. The summed E-state index contributed by atoms with van der Waals surface area (Å²) in [4.78, 5) is 58.5. The van der Waals surface area contributed by atoms with E-state index < -0.39 is 21.8 Å². The largest absolute Gasteiger partial charge is 0.478 e. The van der Waals surface area contributed by atoms with E-state index in [0.29, 0.717) is 72.1 Å². The average molecular weight is 1820 g/mol. The molecule has 8 spiro atoms.